The number of fused-ring (bicyclic) bond motifs is 1. The van der Waals surface area contributed by atoms with E-state index in [9.17, 15) is 9.36 Å². The number of nitrogens with zero attached hydrogens (tertiary/aromatic N) is 3. The highest BCUT2D eigenvalue weighted by molar-refractivity contribution is 7.51. The summed E-state index contributed by atoms with van der Waals surface area (Å²) in [5.41, 5.74) is 5.49. The molecule has 0 unspecified atom stereocenters. The zero-order valence-electron chi connectivity index (χ0n) is 11.3. The molecule has 0 saturated carbocycles. The molecule has 2 aromatic heterocycles. The third-order valence-corrected chi connectivity index (χ3v) is 3.31. The average Bonchev–Trinajstić information content (AvgIpc) is 2.76. The Morgan fingerprint density at radius 1 is 1.57 bits per heavy atom. The summed E-state index contributed by atoms with van der Waals surface area (Å²) >= 11 is 0. The van der Waals surface area contributed by atoms with E-state index in [1.54, 1.807) is 4.57 Å². The smallest absolute Gasteiger partial charge is 0.350 e. The standard InChI is InChI=1S/C10H16N5O5P/c1-2-6(20-5-21(17,18)19)3-15-4-12-7-8(15)13-10(11)14-9(7)16/h4,6H,2-3,5H2,1H3,(H2,17,18,19)(H3,11,13,14,16)/t6-/m1/s1. The van der Waals surface area contributed by atoms with Gasteiger partial charge in [0.25, 0.3) is 5.56 Å². The number of nitrogen functional groups attached to an aromatic ring is 1. The van der Waals surface area contributed by atoms with Gasteiger partial charge in [-0.25, -0.2) is 4.98 Å². The number of aromatic amines is 1. The molecule has 0 aliphatic carbocycles. The maximum Gasteiger partial charge on any atom is 0.350 e. The topological polar surface area (TPSA) is 156 Å². The molecule has 0 fully saturated rings. The molecule has 0 aliphatic heterocycles. The second-order valence-corrected chi connectivity index (χ2v) is 6.10. The van der Waals surface area contributed by atoms with E-state index in [0.29, 0.717) is 12.1 Å². The molecule has 0 aromatic carbocycles. The summed E-state index contributed by atoms with van der Waals surface area (Å²) in [6.45, 7) is 2.07. The molecule has 0 bridgehead atoms. The van der Waals surface area contributed by atoms with Gasteiger partial charge in [0.1, 0.15) is 6.35 Å². The Kier molecular flexibility index (Phi) is 4.43. The molecule has 11 heteroatoms. The summed E-state index contributed by atoms with van der Waals surface area (Å²) in [6.07, 6.45) is 0.833. The van der Waals surface area contributed by atoms with E-state index in [2.05, 4.69) is 15.0 Å². The van der Waals surface area contributed by atoms with Gasteiger partial charge in [0.15, 0.2) is 11.2 Å². The van der Waals surface area contributed by atoms with Gasteiger partial charge in [0.2, 0.25) is 5.95 Å². The Hall–Kier alpha value is -1.74. The number of nitrogens with one attached hydrogen (secondary N) is 1. The zero-order valence-corrected chi connectivity index (χ0v) is 12.2. The van der Waals surface area contributed by atoms with Gasteiger partial charge in [-0.15, -0.1) is 0 Å². The first-order valence-corrected chi connectivity index (χ1v) is 7.96. The quantitative estimate of drug-likeness (QED) is 0.526. The fourth-order valence-corrected chi connectivity index (χ4v) is 2.23. The van der Waals surface area contributed by atoms with Crippen LogP contribution < -0.4 is 11.3 Å². The molecule has 0 radical (unpaired) electrons. The van der Waals surface area contributed by atoms with Crippen LogP contribution in [0.5, 0.6) is 0 Å². The lowest BCUT2D eigenvalue weighted by atomic mass is 10.3. The number of hydrogen-bond acceptors (Lipinski definition) is 6. The molecule has 0 saturated heterocycles. The summed E-state index contributed by atoms with van der Waals surface area (Å²) in [5.74, 6) is -0.0292. The lowest BCUT2D eigenvalue weighted by Crippen LogP contribution is -2.20. The molecule has 21 heavy (non-hydrogen) atoms. The molecular formula is C10H16N5O5P. The first-order valence-electron chi connectivity index (χ1n) is 6.17. The normalized spacial score (nSPS) is 13.7. The molecule has 0 amide bonds. The Labute approximate surface area is 119 Å². The largest absolute Gasteiger partial charge is 0.369 e. The van der Waals surface area contributed by atoms with E-state index in [0.717, 1.165) is 0 Å². The van der Waals surface area contributed by atoms with Crippen molar-refractivity contribution in [1.29, 1.82) is 0 Å². The van der Waals surface area contributed by atoms with E-state index in [4.69, 9.17) is 20.3 Å². The summed E-state index contributed by atoms with van der Waals surface area (Å²) in [4.78, 5) is 39.6. The fraction of sp³-hybridized carbons (Fsp3) is 0.500. The molecule has 5 N–H and O–H groups in total. The van der Waals surface area contributed by atoms with Crippen molar-refractivity contribution in [3.8, 4) is 0 Å². The van der Waals surface area contributed by atoms with Crippen molar-refractivity contribution in [2.45, 2.75) is 26.0 Å². The Balaban J connectivity index is 2.22. The van der Waals surface area contributed by atoms with Gasteiger partial charge in [0.05, 0.1) is 19.0 Å². The van der Waals surface area contributed by atoms with Crippen LogP contribution in [-0.4, -0.2) is 41.8 Å². The molecule has 0 spiro atoms. The van der Waals surface area contributed by atoms with Gasteiger partial charge in [-0.05, 0) is 6.42 Å². The predicted molar refractivity (Wildman–Crippen MR) is 74.6 cm³/mol. The van der Waals surface area contributed by atoms with E-state index >= 15 is 0 Å². The molecule has 2 aromatic rings. The van der Waals surface area contributed by atoms with Crippen LogP contribution in [0.25, 0.3) is 11.2 Å². The maximum absolute atomic E-state index is 11.6. The number of imidazole rings is 1. The minimum Gasteiger partial charge on any atom is -0.369 e. The minimum absolute atomic E-state index is 0.0292. The summed E-state index contributed by atoms with van der Waals surface area (Å²) in [5, 5.41) is 0. The van der Waals surface area contributed by atoms with Crippen LogP contribution in [0.4, 0.5) is 5.95 Å². The van der Waals surface area contributed by atoms with Crippen molar-refractivity contribution in [3.63, 3.8) is 0 Å². The number of aromatic nitrogens is 4. The number of anilines is 1. The van der Waals surface area contributed by atoms with Gasteiger partial charge in [-0.3, -0.25) is 14.3 Å². The molecule has 0 aliphatic rings. The van der Waals surface area contributed by atoms with Crippen molar-refractivity contribution in [3.05, 3.63) is 16.7 Å². The third kappa shape index (κ3) is 3.88. The Bertz CT molecular complexity index is 735. The van der Waals surface area contributed by atoms with Crippen LogP contribution in [0.3, 0.4) is 0 Å². The van der Waals surface area contributed by atoms with Gasteiger partial charge in [0, 0.05) is 0 Å². The second-order valence-electron chi connectivity index (χ2n) is 4.51. The lowest BCUT2D eigenvalue weighted by Gasteiger charge is -2.17. The van der Waals surface area contributed by atoms with Crippen molar-refractivity contribution >= 4 is 24.7 Å². The molecule has 116 valence electrons. The minimum atomic E-state index is -4.22. The van der Waals surface area contributed by atoms with Gasteiger partial charge in [-0.2, -0.15) is 4.98 Å². The first-order chi connectivity index (χ1) is 9.80. The molecule has 10 nitrogen and oxygen atoms in total. The monoisotopic (exact) mass is 317 g/mol. The van der Waals surface area contributed by atoms with Gasteiger partial charge in [-0.1, -0.05) is 6.92 Å². The molecular weight excluding hydrogens is 301 g/mol. The van der Waals surface area contributed by atoms with E-state index < -0.39 is 25.6 Å². The van der Waals surface area contributed by atoms with Crippen molar-refractivity contribution < 1.29 is 19.1 Å². The predicted octanol–water partition coefficient (Wildman–Crippen LogP) is -0.368. The zero-order chi connectivity index (χ0) is 15.6. The summed E-state index contributed by atoms with van der Waals surface area (Å²) in [6, 6.07) is 0. The first kappa shape index (κ1) is 15.6. The highest BCUT2D eigenvalue weighted by atomic mass is 31.2. The Morgan fingerprint density at radius 3 is 2.90 bits per heavy atom. The van der Waals surface area contributed by atoms with Crippen LogP contribution in [-0.2, 0) is 15.8 Å². The fourth-order valence-electron chi connectivity index (χ4n) is 1.83. The number of rotatable bonds is 6. The van der Waals surface area contributed by atoms with Crippen LogP contribution >= 0.6 is 7.60 Å². The van der Waals surface area contributed by atoms with Crippen LogP contribution in [0.1, 0.15) is 13.3 Å². The highest BCUT2D eigenvalue weighted by Crippen LogP contribution is 2.34. The van der Waals surface area contributed by atoms with Gasteiger partial charge < -0.3 is 24.8 Å². The number of hydrogen-bond donors (Lipinski definition) is 4. The summed E-state index contributed by atoms with van der Waals surface area (Å²) in [7, 11) is -4.22. The SMILES string of the molecule is CC[C@H](Cn1cnc2c(=O)[nH]c(N)nc21)OCP(=O)(O)O. The second kappa shape index (κ2) is 5.94. The third-order valence-electron chi connectivity index (χ3n) is 2.83. The van der Waals surface area contributed by atoms with E-state index in [1.165, 1.54) is 6.33 Å². The Morgan fingerprint density at radius 2 is 2.29 bits per heavy atom. The number of ether oxygens (including phenoxy) is 1. The summed E-state index contributed by atoms with van der Waals surface area (Å²) < 4.78 is 17.6. The molecule has 1 atom stereocenters. The highest BCUT2D eigenvalue weighted by Gasteiger charge is 2.18. The number of H-pyrrole nitrogens is 1. The van der Waals surface area contributed by atoms with Crippen molar-refractivity contribution in [2.24, 2.45) is 0 Å². The average molecular weight is 317 g/mol. The van der Waals surface area contributed by atoms with Crippen LogP contribution in [0, 0.1) is 0 Å². The lowest BCUT2D eigenvalue weighted by molar-refractivity contribution is 0.0603. The molecule has 2 heterocycles. The van der Waals surface area contributed by atoms with Crippen molar-refractivity contribution in [1.82, 2.24) is 19.5 Å². The van der Waals surface area contributed by atoms with Crippen LogP contribution in [0.2, 0.25) is 0 Å². The molecule has 2 rings (SSSR count). The maximum atomic E-state index is 11.6. The van der Waals surface area contributed by atoms with Gasteiger partial charge >= 0.3 is 7.60 Å². The van der Waals surface area contributed by atoms with E-state index in [-0.39, 0.29) is 18.0 Å². The number of nitrogens with two attached hydrogens (primary N) is 1. The van der Waals surface area contributed by atoms with Crippen molar-refractivity contribution in [2.75, 3.05) is 12.1 Å². The van der Waals surface area contributed by atoms with Crippen LogP contribution in [0.15, 0.2) is 11.1 Å². The van der Waals surface area contributed by atoms with E-state index in [1.807, 2.05) is 6.92 Å².